The average Bonchev–Trinajstić information content (AvgIpc) is 2.89. The van der Waals surface area contributed by atoms with E-state index in [9.17, 15) is 19.7 Å². The van der Waals surface area contributed by atoms with Crippen molar-refractivity contribution in [3.63, 3.8) is 0 Å². The van der Waals surface area contributed by atoms with Gasteiger partial charge in [0, 0.05) is 17.8 Å². The van der Waals surface area contributed by atoms with Crippen molar-refractivity contribution in [2.75, 3.05) is 5.32 Å². The van der Waals surface area contributed by atoms with Crippen LogP contribution >= 0.6 is 0 Å². The minimum atomic E-state index is -1.09. The molecule has 8 heteroatoms. The third-order valence-corrected chi connectivity index (χ3v) is 2.93. The van der Waals surface area contributed by atoms with Crippen LogP contribution in [-0.4, -0.2) is 34.1 Å². The van der Waals surface area contributed by atoms with Crippen LogP contribution in [0.1, 0.15) is 12.8 Å². The zero-order chi connectivity index (χ0) is 14.7. The van der Waals surface area contributed by atoms with Crippen molar-refractivity contribution in [2.45, 2.75) is 25.0 Å². The molecule has 1 aromatic carbocycles. The van der Waals surface area contributed by atoms with Gasteiger partial charge >= 0.3 is 5.97 Å². The van der Waals surface area contributed by atoms with Gasteiger partial charge in [-0.2, -0.15) is 0 Å². The number of hydrogen-bond acceptors (Lipinski definition) is 5. The molecule has 1 saturated heterocycles. The summed E-state index contributed by atoms with van der Waals surface area (Å²) in [4.78, 5) is 32.5. The lowest BCUT2D eigenvalue weighted by molar-refractivity contribution is -0.384. The standard InChI is InChI=1S/C12H12N2O6/c15-11(9-5-6-10(20-9)12(16)17)13-7-1-3-8(4-2-7)14(18)19/h1-4,9-10H,5-6H2,(H,13,15)(H,16,17). The van der Waals surface area contributed by atoms with Crippen molar-refractivity contribution in [3.8, 4) is 0 Å². The minimum absolute atomic E-state index is 0.0777. The molecule has 20 heavy (non-hydrogen) atoms. The Balaban J connectivity index is 1.95. The van der Waals surface area contributed by atoms with Gasteiger partial charge in [-0.05, 0) is 25.0 Å². The van der Waals surface area contributed by atoms with E-state index >= 15 is 0 Å². The average molecular weight is 280 g/mol. The highest BCUT2D eigenvalue weighted by Crippen LogP contribution is 2.22. The van der Waals surface area contributed by atoms with E-state index in [1.54, 1.807) is 0 Å². The molecule has 0 saturated carbocycles. The van der Waals surface area contributed by atoms with Crippen molar-refractivity contribution in [1.29, 1.82) is 0 Å². The van der Waals surface area contributed by atoms with Gasteiger partial charge in [0.2, 0.25) is 0 Å². The molecule has 1 aliphatic heterocycles. The molecule has 0 bridgehead atoms. The van der Waals surface area contributed by atoms with Crippen molar-refractivity contribution < 1.29 is 24.4 Å². The predicted molar refractivity (Wildman–Crippen MR) is 67.3 cm³/mol. The zero-order valence-corrected chi connectivity index (χ0v) is 10.3. The maximum Gasteiger partial charge on any atom is 0.332 e. The molecule has 1 aliphatic rings. The van der Waals surface area contributed by atoms with Gasteiger partial charge in [-0.25, -0.2) is 4.79 Å². The third kappa shape index (κ3) is 3.09. The first-order chi connectivity index (χ1) is 9.47. The van der Waals surface area contributed by atoms with Gasteiger partial charge in [0.1, 0.15) is 6.10 Å². The van der Waals surface area contributed by atoms with Crippen LogP contribution in [0, 0.1) is 10.1 Å². The molecular weight excluding hydrogens is 268 g/mol. The summed E-state index contributed by atoms with van der Waals surface area (Å²) in [5.41, 5.74) is 0.314. The number of nitro benzene ring substituents is 1. The van der Waals surface area contributed by atoms with E-state index in [4.69, 9.17) is 9.84 Å². The molecular formula is C12H12N2O6. The van der Waals surface area contributed by atoms with E-state index in [0.29, 0.717) is 12.1 Å². The monoisotopic (exact) mass is 280 g/mol. The molecule has 2 N–H and O–H groups in total. The maximum atomic E-state index is 11.8. The lowest BCUT2D eigenvalue weighted by Gasteiger charge is -2.11. The summed E-state index contributed by atoms with van der Waals surface area (Å²) in [6.45, 7) is 0. The smallest absolute Gasteiger partial charge is 0.332 e. The Bertz CT molecular complexity index is 541. The topological polar surface area (TPSA) is 119 Å². The first-order valence-electron chi connectivity index (χ1n) is 5.91. The number of hydrogen-bond donors (Lipinski definition) is 2. The van der Waals surface area contributed by atoms with Crippen LogP contribution in [0.15, 0.2) is 24.3 Å². The minimum Gasteiger partial charge on any atom is -0.479 e. The molecule has 1 fully saturated rings. The number of carbonyl (C=O) groups is 2. The maximum absolute atomic E-state index is 11.8. The highest BCUT2D eigenvalue weighted by Gasteiger charge is 2.34. The van der Waals surface area contributed by atoms with Crippen molar-refractivity contribution in [3.05, 3.63) is 34.4 Å². The number of nitrogens with one attached hydrogen (secondary N) is 1. The van der Waals surface area contributed by atoms with Crippen LogP contribution in [0.4, 0.5) is 11.4 Å². The number of nitrogens with zero attached hydrogens (tertiary/aromatic N) is 1. The van der Waals surface area contributed by atoms with Gasteiger partial charge in [-0.3, -0.25) is 14.9 Å². The fourth-order valence-electron chi connectivity index (χ4n) is 1.90. The summed E-state index contributed by atoms with van der Waals surface area (Å²) >= 11 is 0. The first kappa shape index (κ1) is 13.9. The van der Waals surface area contributed by atoms with Gasteiger partial charge in [-0.1, -0.05) is 0 Å². The van der Waals surface area contributed by atoms with Crippen LogP contribution in [-0.2, 0) is 14.3 Å². The van der Waals surface area contributed by atoms with Crippen LogP contribution in [0.25, 0.3) is 0 Å². The molecule has 0 radical (unpaired) electrons. The SMILES string of the molecule is O=C(O)C1CCC(C(=O)Nc2ccc([N+](=O)[O-])cc2)O1. The number of carbonyl (C=O) groups excluding carboxylic acids is 1. The number of amides is 1. The molecule has 1 heterocycles. The molecule has 106 valence electrons. The zero-order valence-electron chi connectivity index (χ0n) is 10.3. The predicted octanol–water partition coefficient (Wildman–Crippen LogP) is 1.17. The van der Waals surface area contributed by atoms with Crippen LogP contribution in [0.3, 0.4) is 0 Å². The molecule has 2 rings (SSSR count). The van der Waals surface area contributed by atoms with Gasteiger partial charge in [0.15, 0.2) is 6.10 Å². The van der Waals surface area contributed by atoms with Gasteiger partial charge < -0.3 is 15.2 Å². The van der Waals surface area contributed by atoms with E-state index in [1.807, 2.05) is 0 Å². The van der Waals surface area contributed by atoms with E-state index in [1.165, 1.54) is 24.3 Å². The summed E-state index contributed by atoms with van der Waals surface area (Å²) in [5.74, 6) is -1.54. The Morgan fingerprint density at radius 3 is 2.35 bits per heavy atom. The Hall–Kier alpha value is -2.48. The highest BCUT2D eigenvalue weighted by molar-refractivity contribution is 5.94. The fraction of sp³-hybridized carbons (Fsp3) is 0.333. The molecule has 1 amide bonds. The number of carboxylic acid groups (broad SMARTS) is 1. The normalized spacial score (nSPS) is 21.4. The molecule has 2 atom stereocenters. The molecule has 0 spiro atoms. The molecule has 1 aromatic rings. The van der Waals surface area contributed by atoms with E-state index in [-0.39, 0.29) is 12.1 Å². The lowest BCUT2D eigenvalue weighted by Crippen LogP contribution is -2.29. The Labute approximate surface area is 113 Å². The molecule has 8 nitrogen and oxygen atoms in total. The summed E-state index contributed by atoms with van der Waals surface area (Å²) in [6.07, 6.45) is -1.15. The quantitative estimate of drug-likeness (QED) is 0.631. The number of carboxylic acids is 1. The Morgan fingerprint density at radius 2 is 1.85 bits per heavy atom. The Kier molecular flexibility index (Phi) is 3.94. The van der Waals surface area contributed by atoms with E-state index in [0.717, 1.165) is 0 Å². The third-order valence-electron chi connectivity index (χ3n) is 2.93. The number of benzene rings is 1. The Morgan fingerprint density at radius 1 is 1.25 bits per heavy atom. The summed E-state index contributed by atoms with van der Waals surface area (Å²) in [7, 11) is 0. The number of rotatable bonds is 4. The number of anilines is 1. The van der Waals surface area contributed by atoms with Crippen LogP contribution in [0.5, 0.6) is 0 Å². The second-order valence-electron chi connectivity index (χ2n) is 4.32. The van der Waals surface area contributed by atoms with Crippen LogP contribution < -0.4 is 5.32 Å². The van der Waals surface area contributed by atoms with Crippen LogP contribution in [0.2, 0.25) is 0 Å². The second-order valence-corrected chi connectivity index (χ2v) is 4.32. The van der Waals surface area contributed by atoms with Crippen molar-refractivity contribution in [1.82, 2.24) is 0 Å². The van der Waals surface area contributed by atoms with Crippen molar-refractivity contribution >= 4 is 23.3 Å². The fourth-order valence-corrected chi connectivity index (χ4v) is 1.90. The second kappa shape index (κ2) is 5.66. The summed E-state index contributed by atoms with van der Waals surface area (Å²) in [5, 5.41) is 21.8. The number of nitro groups is 1. The van der Waals surface area contributed by atoms with E-state index in [2.05, 4.69) is 5.32 Å². The van der Waals surface area contributed by atoms with E-state index < -0.39 is 29.0 Å². The highest BCUT2D eigenvalue weighted by atomic mass is 16.6. The number of ether oxygens (including phenoxy) is 1. The summed E-state index contributed by atoms with van der Waals surface area (Å²) < 4.78 is 5.10. The van der Waals surface area contributed by atoms with Gasteiger partial charge in [-0.15, -0.1) is 0 Å². The number of aliphatic carboxylic acids is 1. The number of non-ortho nitro benzene ring substituents is 1. The molecule has 0 aliphatic carbocycles. The van der Waals surface area contributed by atoms with Gasteiger partial charge in [0.25, 0.3) is 11.6 Å². The van der Waals surface area contributed by atoms with Gasteiger partial charge in [0.05, 0.1) is 4.92 Å². The largest absolute Gasteiger partial charge is 0.479 e. The summed E-state index contributed by atoms with van der Waals surface area (Å²) in [6, 6.07) is 5.34. The molecule has 0 aromatic heterocycles. The lowest BCUT2D eigenvalue weighted by atomic mass is 10.2. The first-order valence-corrected chi connectivity index (χ1v) is 5.91. The van der Waals surface area contributed by atoms with Crippen molar-refractivity contribution in [2.24, 2.45) is 0 Å². The molecule has 2 unspecified atom stereocenters.